The number of halogens is 2. The molecule has 3 N–H and O–H groups in total. The topological polar surface area (TPSA) is 87.3 Å². The van der Waals surface area contributed by atoms with Crippen molar-refractivity contribution >= 4 is 34.8 Å². The summed E-state index contributed by atoms with van der Waals surface area (Å²) in [6.07, 6.45) is -0.537. The van der Waals surface area contributed by atoms with Gasteiger partial charge in [-0.3, -0.25) is 14.4 Å². The van der Waals surface area contributed by atoms with Crippen LogP contribution in [0.2, 0.25) is 0 Å². The molecule has 6 nitrogen and oxygen atoms in total. The average Bonchev–Trinajstić information content (AvgIpc) is 2.51. The maximum Gasteiger partial charge on any atom is 0.233 e. The molecule has 0 aromatic heterocycles. The van der Waals surface area contributed by atoms with Gasteiger partial charge in [-0.2, -0.15) is 0 Å². The van der Waals surface area contributed by atoms with Gasteiger partial charge in [0.2, 0.25) is 17.7 Å². The lowest BCUT2D eigenvalue weighted by Gasteiger charge is -2.08. The zero-order chi connectivity index (χ0) is 18.4. The van der Waals surface area contributed by atoms with Crippen LogP contribution < -0.4 is 16.0 Å². The summed E-state index contributed by atoms with van der Waals surface area (Å²) in [4.78, 5) is 34.5. The van der Waals surface area contributed by atoms with E-state index >= 15 is 0 Å². The SMILES string of the molecule is CC(=O)Nc1ccc(NC(=O)CC(=O)Nc2ccc(F)cc2F)cc1. The Balaban J connectivity index is 1.88. The number of carbonyl (C=O) groups is 3. The maximum absolute atomic E-state index is 13.4. The second kappa shape index (κ2) is 8.00. The molecule has 0 heterocycles. The predicted octanol–water partition coefficient (Wildman–Crippen LogP) is 2.89. The molecule has 2 aromatic rings. The number of benzene rings is 2. The molecule has 0 aliphatic carbocycles. The fraction of sp³-hybridized carbons (Fsp3) is 0.118. The van der Waals surface area contributed by atoms with Gasteiger partial charge in [-0.15, -0.1) is 0 Å². The molecule has 0 fully saturated rings. The third kappa shape index (κ3) is 5.69. The largest absolute Gasteiger partial charge is 0.326 e. The molecule has 8 heteroatoms. The molecule has 0 aliphatic rings. The fourth-order valence-electron chi connectivity index (χ4n) is 1.98. The van der Waals surface area contributed by atoms with E-state index in [1.165, 1.54) is 6.92 Å². The van der Waals surface area contributed by atoms with Gasteiger partial charge in [0.15, 0.2) is 0 Å². The van der Waals surface area contributed by atoms with Crippen LogP contribution in [0.3, 0.4) is 0 Å². The summed E-state index contributed by atoms with van der Waals surface area (Å²) < 4.78 is 26.2. The van der Waals surface area contributed by atoms with Crippen molar-refractivity contribution in [3.63, 3.8) is 0 Å². The molecular weight excluding hydrogens is 332 g/mol. The summed E-state index contributed by atoms with van der Waals surface area (Å²) in [7, 11) is 0. The summed E-state index contributed by atoms with van der Waals surface area (Å²) in [6, 6.07) is 8.99. The standard InChI is InChI=1S/C17H15F2N3O3/c1-10(23)20-12-3-5-13(6-4-12)21-16(24)9-17(25)22-15-7-2-11(18)8-14(15)19/h2-8H,9H2,1H3,(H,20,23)(H,21,24)(H,22,25). The van der Waals surface area contributed by atoms with Crippen LogP contribution in [0, 0.1) is 11.6 Å². The van der Waals surface area contributed by atoms with Crippen LogP contribution in [0.15, 0.2) is 42.5 Å². The first kappa shape index (κ1) is 18.1. The van der Waals surface area contributed by atoms with Crippen LogP contribution in [-0.4, -0.2) is 17.7 Å². The van der Waals surface area contributed by atoms with Crippen LogP contribution in [-0.2, 0) is 14.4 Å². The van der Waals surface area contributed by atoms with Crippen molar-refractivity contribution in [2.45, 2.75) is 13.3 Å². The van der Waals surface area contributed by atoms with Gasteiger partial charge in [0, 0.05) is 24.4 Å². The minimum Gasteiger partial charge on any atom is -0.326 e. The van der Waals surface area contributed by atoms with E-state index in [0.29, 0.717) is 17.4 Å². The third-order valence-electron chi connectivity index (χ3n) is 3.02. The summed E-state index contributed by atoms with van der Waals surface area (Å²) >= 11 is 0. The van der Waals surface area contributed by atoms with Crippen molar-refractivity contribution in [3.05, 3.63) is 54.1 Å². The Labute approximate surface area is 142 Å². The Morgan fingerprint density at radius 3 is 1.96 bits per heavy atom. The van der Waals surface area contributed by atoms with Gasteiger partial charge in [0.1, 0.15) is 18.1 Å². The Morgan fingerprint density at radius 2 is 1.40 bits per heavy atom. The fourth-order valence-corrected chi connectivity index (χ4v) is 1.98. The quantitative estimate of drug-likeness (QED) is 0.727. The zero-order valence-electron chi connectivity index (χ0n) is 13.2. The number of hydrogen-bond acceptors (Lipinski definition) is 3. The highest BCUT2D eigenvalue weighted by atomic mass is 19.1. The van der Waals surface area contributed by atoms with Crippen molar-refractivity contribution < 1.29 is 23.2 Å². The van der Waals surface area contributed by atoms with Crippen molar-refractivity contribution in [2.75, 3.05) is 16.0 Å². The molecule has 0 aliphatic heterocycles. The summed E-state index contributed by atoms with van der Waals surface area (Å²) in [5, 5.41) is 7.27. The van der Waals surface area contributed by atoms with Crippen molar-refractivity contribution in [1.82, 2.24) is 0 Å². The molecule has 0 atom stereocenters. The lowest BCUT2D eigenvalue weighted by atomic mass is 10.2. The summed E-state index contributed by atoms with van der Waals surface area (Å²) in [5.41, 5.74) is 0.786. The van der Waals surface area contributed by atoms with E-state index in [1.807, 2.05) is 0 Å². The lowest BCUT2D eigenvalue weighted by molar-refractivity contribution is -0.123. The second-order valence-corrected chi connectivity index (χ2v) is 5.16. The Hall–Kier alpha value is -3.29. The minimum atomic E-state index is -0.928. The van der Waals surface area contributed by atoms with E-state index in [0.717, 1.165) is 12.1 Å². The van der Waals surface area contributed by atoms with E-state index in [1.54, 1.807) is 24.3 Å². The highest BCUT2D eigenvalue weighted by Gasteiger charge is 2.12. The number of amides is 3. The lowest BCUT2D eigenvalue weighted by Crippen LogP contribution is -2.21. The van der Waals surface area contributed by atoms with Crippen LogP contribution in [0.1, 0.15) is 13.3 Å². The number of hydrogen-bond donors (Lipinski definition) is 3. The van der Waals surface area contributed by atoms with Crippen molar-refractivity contribution in [1.29, 1.82) is 0 Å². The second-order valence-electron chi connectivity index (χ2n) is 5.16. The predicted molar refractivity (Wildman–Crippen MR) is 89.0 cm³/mol. The molecule has 0 spiro atoms. The monoisotopic (exact) mass is 347 g/mol. The van der Waals surface area contributed by atoms with E-state index in [9.17, 15) is 23.2 Å². The first-order valence-electron chi connectivity index (χ1n) is 7.26. The summed E-state index contributed by atoms with van der Waals surface area (Å²) in [5.74, 6) is -3.26. The van der Waals surface area contributed by atoms with Gasteiger partial charge < -0.3 is 16.0 Å². The molecular formula is C17H15F2N3O3. The number of rotatable bonds is 5. The normalized spacial score (nSPS) is 10.0. The van der Waals surface area contributed by atoms with Gasteiger partial charge in [0.25, 0.3) is 0 Å². The van der Waals surface area contributed by atoms with Crippen LogP contribution in [0.5, 0.6) is 0 Å². The van der Waals surface area contributed by atoms with Crippen molar-refractivity contribution in [2.24, 2.45) is 0 Å². The molecule has 0 saturated heterocycles. The van der Waals surface area contributed by atoms with Gasteiger partial charge in [-0.1, -0.05) is 0 Å². The number of carbonyl (C=O) groups excluding carboxylic acids is 3. The van der Waals surface area contributed by atoms with Gasteiger partial charge in [-0.05, 0) is 36.4 Å². The molecule has 0 unspecified atom stereocenters. The van der Waals surface area contributed by atoms with Gasteiger partial charge in [0.05, 0.1) is 5.69 Å². The van der Waals surface area contributed by atoms with E-state index in [4.69, 9.17) is 0 Å². The zero-order valence-corrected chi connectivity index (χ0v) is 13.2. The Morgan fingerprint density at radius 1 is 0.840 bits per heavy atom. The number of nitrogens with one attached hydrogen (secondary N) is 3. The van der Waals surface area contributed by atoms with E-state index in [-0.39, 0.29) is 11.6 Å². The molecule has 25 heavy (non-hydrogen) atoms. The molecule has 0 bridgehead atoms. The third-order valence-corrected chi connectivity index (χ3v) is 3.02. The first-order chi connectivity index (χ1) is 11.8. The van der Waals surface area contributed by atoms with E-state index < -0.39 is 29.9 Å². The molecule has 0 radical (unpaired) electrons. The Bertz CT molecular complexity index is 807. The van der Waals surface area contributed by atoms with Crippen molar-refractivity contribution in [3.8, 4) is 0 Å². The molecule has 130 valence electrons. The smallest absolute Gasteiger partial charge is 0.233 e. The summed E-state index contributed by atoms with van der Waals surface area (Å²) in [6.45, 7) is 1.37. The van der Waals surface area contributed by atoms with Gasteiger partial charge in [-0.25, -0.2) is 8.78 Å². The molecule has 0 saturated carbocycles. The highest BCUT2D eigenvalue weighted by Crippen LogP contribution is 2.16. The Kier molecular flexibility index (Phi) is 5.78. The van der Waals surface area contributed by atoms with Crippen LogP contribution in [0.4, 0.5) is 25.8 Å². The maximum atomic E-state index is 13.4. The minimum absolute atomic E-state index is 0.209. The molecule has 3 amide bonds. The first-order valence-corrected chi connectivity index (χ1v) is 7.26. The highest BCUT2D eigenvalue weighted by molar-refractivity contribution is 6.08. The van der Waals surface area contributed by atoms with Crippen LogP contribution in [0.25, 0.3) is 0 Å². The van der Waals surface area contributed by atoms with Crippen LogP contribution >= 0.6 is 0 Å². The molecule has 2 rings (SSSR count). The average molecular weight is 347 g/mol. The number of anilines is 3. The van der Waals surface area contributed by atoms with Gasteiger partial charge >= 0.3 is 0 Å². The molecule has 2 aromatic carbocycles. The van der Waals surface area contributed by atoms with E-state index in [2.05, 4.69) is 16.0 Å².